The van der Waals surface area contributed by atoms with Crippen molar-refractivity contribution in [2.75, 3.05) is 0 Å². The Kier molecular flexibility index (Phi) is 6.44. The van der Waals surface area contributed by atoms with E-state index in [-0.39, 0.29) is 0 Å². The summed E-state index contributed by atoms with van der Waals surface area (Å²) in [5.74, 6) is 1.25. The Morgan fingerprint density at radius 1 is 1.06 bits per heavy atom. The molecule has 2 N–H and O–H groups in total. The SMILES string of the molecule is CC(C)(NCc1ccc(-c2noc(-c3ccc(Oc4ccccc4)cc3)n2)c(Cl)c1)C(=O)O. The van der Waals surface area contributed by atoms with E-state index in [1.54, 1.807) is 26.0 Å². The number of ether oxygens (including phenoxy) is 1. The number of rotatable bonds is 8. The Balaban J connectivity index is 1.46. The molecule has 0 saturated heterocycles. The maximum absolute atomic E-state index is 11.2. The topological polar surface area (TPSA) is 97.5 Å². The Morgan fingerprint density at radius 2 is 1.76 bits per heavy atom. The molecule has 0 spiro atoms. The normalized spacial score (nSPS) is 11.4. The van der Waals surface area contributed by atoms with Gasteiger partial charge >= 0.3 is 5.97 Å². The van der Waals surface area contributed by atoms with Crippen molar-refractivity contribution in [2.45, 2.75) is 25.9 Å². The first-order valence-electron chi connectivity index (χ1n) is 10.3. The lowest BCUT2D eigenvalue weighted by molar-refractivity contribution is -0.143. The number of nitrogens with one attached hydrogen (secondary N) is 1. The predicted octanol–water partition coefficient (Wildman–Crippen LogP) is 5.80. The first-order chi connectivity index (χ1) is 15.8. The number of carboxylic acid groups (broad SMARTS) is 1. The Hall–Kier alpha value is -3.68. The molecule has 0 aliphatic carbocycles. The number of carbonyl (C=O) groups is 1. The van der Waals surface area contributed by atoms with Crippen molar-refractivity contribution < 1.29 is 19.2 Å². The number of para-hydroxylation sites is 1. The highest BCUT2D eigenvalue weighted by Crippen LogP contribution is 2.30. The lowest BCUT2D eigenvalue weighted by atomic mass is 10.0. The molecule has 0 aliphatic heterocycles. The molecule has 1 aromatic heterocycles. The third-order valence-corrected chi connectivity index (χ3v) is 5.36. The standard InChI is InChI=1S/C25H22ClN3O4/c1-25(2,24(30)31)27-15-16-8-13-20(21(26)14-16)22-28-23(33-29-22)17-9-11-19(12-10-17)32-18-6-4-3-5-7-18/h3-14,27H,15H2,1-2H3,(H,30,31). The number of halogens is 1. The van der Waals surface area contributed by atoms with Gasteiger partial charge in [0.15, 0.2) is 0 Å². The van der Waals surface area contributed by atoms with Crippen molar-refractivity contribution in [1.29, 1.82) is 0 Å². The quantitative estimate of drug-likeness (QED) is 0.340. The summed E-state index contributed by atoms with van der Waals surface area (Å²) >= 11 is 6.45. The third-order valence-electron chi connectivity index (χ3n) is 5.05. The molecule has 0 bridgehead atoms. The van der Waals surface area contributed by atoms with E-state index in [2.05, 4.69) is 15.5 Å². The maximum Gasteiger partial charge on any atom is 0.323 e. The van der Waals surface area contributed by atoms with Crippen LogP contribution in [0.3, 0.4) is 0 Å². The van der Waals surface area contributed by atoms with E-state index < -0.39 is 11.5 Å². The summed E-state index contributed by atoms with van der Waals surface area (Å²) in [5.41, 5.74) is 1.17. The Bertz CT molecular complexity index is 1250. The highest BCUT2D eigenvalue weighted by atomic mass is 35.5. The molecule has 4 rings (SSSR count). The third kappa shape index (κ3) is 5.39. The van der Waals surface area contributed by atoms with Gasteiger partial charge in [-0.1, -0.05) is 41.0 Å². The summed E-state index contributed by atoms with van der Waals surface area (Å²) in [6.07, 6.45) is 0. The molecule has 0 fully saturated rings. The van der Waals surface area contributed by atoms with Crippen molar-refractivity contribution in [2.24, 2.45) is 0 Å². The molecule has 4 aromatic rings. The molecule has 0 radical (unpaired) electrons. The smallest absolute Gasteiger partial charge is 0.323 e. The van der Waals surface area contributed by atoms with Gasteiger partial charge in [0.25, 0.3) is 5.89 Å². The van der Waals surface area contributed by atoms with Crippen LogP contribution in [-0.2, 0) is 11.3 Å². The Morgan fingerprint density at radius 3 is 2.42 bits per heavy atom. The van der Waals surface area contributed by atoms with Gasteiger partial charge in [-0.3, -0.25) is 10.1 Å². The monoisotopic (exact) mass is 463 g/mol. The molecule has 0 atom stereocenters. The first-order valence-corrected chi connectivity index (χ1v) is 10.6. The second-order valence-corrected chi connectivity index (χ2v) is 8.37. The van der Waals surface area contributed by atoms with Gasteiger partial charge in [-0.25, -0.2) is 0 Å². The number of nitrogens with zero attached hydrogens (tertiary/aromatic N) is 2. The van der Waals surface area contributed by atoms with Crippen LogP contribution in [0.4, 0.5) is 0 Å². The Labute approximate surface area is 196 Å². The van der Waals surface area contributed by atoms with Gasteiger partial charge in [0.2, 0.25) is 5.82 Å². The van der Waals surface area contributed by atoms with Crippen LogP contribution in [0.1, 0.15) is 19.4 Å². The minimum Gasteiger partial charge on any atom is -0.480 e. The van der Waals surface area contributed by atoms with E-state index in [4.69, 9.17) is 20.9 Å². The van der Waals surface area contributed by atoms with Gasteiger partial charge in [0, 0.05) is 17.7 Å². The average molecular weight is 464 g/mol. The van der Waals surface area contributed by atoms with Crippen LogP contribution in [0, 0.1) is 0 Å². The van der Waals surface area contributed by atoms with Crippen molar-refractivity contribution in [3.63, 3.8) is 0 Å². The molecule has 0 saturated carbocycles. The van der Waals surface area contributed by atoms with Crippen molar-refractivity contribution >= 4 is 17.6 Å². The molecular weight excluding hydrogens is 442 g/mol. The number of hydrogen-bond acceptors (Lipinski definition) is 6. The highest BCUT2D eigenvalue weighted by Gasteiger charge is 2.26. The lowest BCUT2D eigenvalue weighted by Gasteiger charge is -2.21. The minimum atomic E-state index is -1.05. The summed E-state index contributed by atoms with van der Waals surface area (Å²) in [6, 6.07) is 22.3. The fourth-order valence-corrected chi connectivity index (χ4v) is 3.28. The largest absolute Gasteiger partial charge is 0.480 e. The summed E-state index contributed by atoms with van der Waals surface area (Å²) in [7, 11) is 0. The molecular formula is C25H22ClN3O4. The molecule has 7 nitrogen and oxygen atoms in total. The fraction of sp³-hybridized carbons (Fsp3) is 0.160. The number of benzene rings is 3. The van der Waals surface area contributed by atoms with E-state index in [0.717, 1.165) is 16.9 Å². The number of hydrogen-bond donors (Lipinski definition) is 2. The van der Waals surface area contributed by atoms with E-state index >= 15 is 0 Å². The van der Waals surface area contributed by atoms with Crippen molar-refractivity contribution in [1.82, 2.24) is 15.5 Å². The van der Waals surface area contributed by atoms with Crippen molar-refractivity contribution in [3.05, 3.63) is 83.4 Å². The predicted molar refractivity (Wildman–Crippen MR) is 125 cm³/mol. The molecule has 0 aliphatic rings. The van der Waals surface area contributed by atoms with Crippen LogP contribution in [0.15, 0.2) is 77.3 Å². The number of aromatic nitrogens is 2. The first kappa shape index (κ1) is 22.5. The highest BCUT2D eigenvalue weighted by molar-refractivity contribution is 6.33. The van der Waals surface area contributed by atoms with Crippen LogP contribution < -0.4 is 10.1 Å². The van der Waals surface area contributed by atoms with Gasteiger partial charge in [-0.05, 0) is 67.9 Å². The zero-order valence-corrected chi connectivity index (χ0v) is 18.8. The van der Waals surface area contributed by atoms with Gasteiger partial charge in [-0.2, -0.15) is 4.98 Å². The van der Waals surface area contributed by atoms with Crippen LogP contribution in [0.25, 0.3) is 22.8 Å². The van der Waals surface area contributed by atoms with Crippen LogP contribution in [-0.4, -0.2) is 26.8 Å². The van der Waals surface area contributed by atoms with E-state index in [1.165, 1.54) is 0 Å². The molecule has 168 valence electrons. The summed E-state index contributed by atoms with van der Waals surface area (Å²) in [4.78, 5) is 15.7. The zero-order chi connectivity index (χ0) is 23.4. The summed E-state index contributed by atoms with van der Waals surface area (Å²) in [5, 5.41) is 16.7. The lowest BCUT2D eigenvalue weighted by Crippen LogP contribution is -2.46. The van der Waals surface area contributed by atoms with Gasteiger partial charge in [0.05, 0.1) is 5.02 Å². The van der Waals surface area contributed by atoms with E-state index in [1.807, 2.05) is 60.7 Å². The molecule has 1 heterocycles. The maximum atomic E-state index is 11.2. The minimum absolute atomic E-state index is 0.355. The molecule has 0 unspecified atom stereocenters. The zero-order valence-electron chi connectivity index (χ0n) is 18.1. The van der Waals surface area contributed by atoms with Crippen LogP contribution >= 0.6 is 11.6 Å². The van der Waals surface area contributed by atoms with Gasteiger partial charge in [0.1, 0.15) is 17.0 Å². The van der Waals surface area contributed by atoms with E-state index in [0.29, 0.717) is 34.6 Å². The number of carboxylic acids is 1. The second-order valence-electron chi connectivity index (χ2n) is 7.96. The van der Waals surface area contributed by atoms with Crippen molar-refractivity contribution in [3.8, 4) is 34.3 Å². The van der Waals surface area contributed by atoms with E-state index in [9.17, 15) is 9.90 Å². The molecule has 33 heavy (non-hydrogen) atoms. The van der Waals surface area contributed by atoms with Crippen LogP contribution in [0.2, 0.25) is 5.02 Å². The second kappa shape index (κ2) is 9.44. The molecule has 0 amide bonds. The fourth-order valence-electron chi connectivity index (χ4n) is 2.99. The van der Waals surface area contributed by atoms with Gasteiger partial charge < -0.3 is 14.4 Å². The molecule has 8 heteroatoms. The summed E-state index contributed by atoms with van der Waals surface area (Å²) < 4.78 is 11.2. The number of aliphatic carboxylic acids is 1. The summed E-state index contributed by atoms with van der Waals surface area (Å²) in [6.45, 7) is 3.56. The average Bonchev–Trinajstić information content (AvgIpc) is 3.29. The van der Waals surface area contributed by atoms with Crippen LogP contribution in [0.5, 0.6) is 11.5 Å². The van der Waals surface area contributed by atoms with Gasteiger partial charge in [-0.15, -0.1) is 0 Å². The molecule has 3 aromatic carbocycles.